The number of hydrogen-bond acceptors (Lipinski definition) is 4. The first kappa shape index (κ1) is 10.8. The monoisotopic (exact) mass is 195 g/mol. The fourth-order valence-corrected chi connectivity index (χ4v) is 1.19. The molecule has 14 heavy (non-hydrogen) atoms. The average molecular weight is 195 g/mol. The second kappa shape index (κ2) is 5.44. The Balaban J connectivity index is 2.53. The van der Waals surface area contributed by atoms with Crippen LogP contribution in [0.15, 0.2) is 18.3 Å². The predicted molar refractivity (Wildman–Crippen MR) is 58.2 cm³/mol. The van der Waals surface area contributed by atoms with E-state index >= 15 is 0 Å². The molecule has 0 aliphatic carbocycles. The van der Waals surface area contributed by atoms with Gasteiger partial charge in [-0.2, -0.15) is 0 Å². The lowest BCUT2D eigenvalue weighted by molar-refractivity contribution is 0.184. The summed E-state index contributed by atoms with van der Waals surface area (Å²) in [5.74, 6) is 0.537. The van der Waals surface area contributed by atoms with E-state index < -0.39 is 0 Å². The molecule has 1 atom stereocenters. The zero-order valence-electron chi connectivity index (χ0n) is 8.66. The van der Waals surface area contributed by atoms with Crippen molar-refractivity contribution in [1.82, 2.24) is 4.98 Å². The van der Waals surface area contributed by atoms with Crippen LogP contribution >= 0.6 is 0 Å². The third-order valence-electron chi connectivity index (χ3n) is 2.02. The minimum Gasteiger partial charge on any atom is -0.384 e. The standard InChI is InChI=1S/C10H17N3O/c1-3-8(7-14-2)13-9-4-5-10(11)12-6-9/h4-6,8,13H,3,7H2,1-2H3,(H2,11,12). The zero-order chi connectivity index (χ0) is 10.4. The van der Waals surface area contributed by atoms with Crippen LogP contribution in [0.4, 0.5) is 11.5 Å². The van der Waals surface area contributed by atoms with Gasteiger partial charge in [0.2, 0.25) is 0 Å². The fraction of sp³-hybridized carbons (Fsp3) is 0.500. The first-order valence-electron chi connectivity index (χ1n) is 4.73. The number of ether oxygens (including phenoxy) is 1. The molecule has 0 bridgehead atoms. The van der Waals surface area contributed by atoms with Crippen molar-refractivity contribution in [3.05, 3.63) is 18.3 Å². The molecule has 1 unspecified atom stereocenters. The maximum absolute atomic E-state index is 5.49. The molecule has 0 aliphatic rings. The lowest BCUT2D eigenvalue weighted by Crippen LogP contribution is -2.23. The van der Waals surface area contributed by atoms with Crippen LogP contribution in [0.5, 0.6) is 0 Å². The Morgan fingerprint density at radius 1 is 1.57 bits per heavy atom. The molecule has 0 amide bonds. The van der Waals surface area contributed by atoms with Gasteiger partial charge in [0.25, 0.3) is 0 Å². The molecule has 0 saturated carbocycles. The summed E-state index contributed by atoms with van der Waals surface area (Å²) < 4.78 is 5.08. The number of rotatable bonds is 5. The Hall–Kier alpha value is -1.29. The molecule has 1 rings (SSSR count). The maximum Gasteiger partial charge on any atom is 0.123 e. The summed E-state index contributed by atoms with van der Waals surface area (Å²) in [5, 5.41) is 3.31. The van der Waals surface area contributed by atoms with Gasteiger partial charge in [0, 0.05) is 13.2 Å². The summed E-state index contributed by atoms with van der Waals surface area (Å²) in [4.78, 5) is 4.00. The number of pyridine rings is 1. The summed E-state index contributed by atoms with van der Waals surface area (Å²) >= 11 is 0. The van der Waals surface area contributed by atoms with Gasteiger partial charge >= 0.3 is 0 Å². The van der Waals surface area contributed by atoms with Crippen molar-refractivity contribution < 1.29 is 4.74 Å². The van der Waals surface area contributed by atoms with Crippen molar-refractivity contribution in [1.29, 1.82) is 0 Å². The largest absolute Gasteiger partial charge is 0.384 e. The number of anilines is 2. The van der Waals surface area contributed by atoms with Crippen molar-refractivity contribution in [2.75, 3.05) is 24.8 Å². The summed E-state index contributed by atoms with van der Waals surface area (Å²) in [7, 11) is 1.70. The quantitative estimate of drug-likeness (QED) is 0.747. The highest BCUT2D eigenvalue weighted by molar-refractivity contribution is 5.45. The Kier molecular flexibility index (Phi) is 4.19. The summed E-state index contributed by atoms with van der Waals surface area (Å²) in [6.07, 6.45) is 2.74. The van der Waals surface area contributed by atoms with Gasteiger partial charge in [0.1, 0.15) is 5.82 Å². The first-order chi connectivity index (χ1) is 6.76. The molecular weight excluding hydrogens is 178 g/mol. The zero-order valence-corrected chi connectivity index (χ0v) is 8.66. The van der Waals surface area contributed by atoms with E-state index in [0.717, 1.165) is 12.1 Å². The summed E-state index contributed by atoms with van der Waals surface area (Å²) in [6, 6.07) is 4.02. The van der Waals surface area contributed by atoms with Crippen molar-refractivity contribution >= 4 is 11.5 Å². The second-order valence-electron chi connectivity index (χ2n) is 3.18. The van der Waals surface area contributed by atoms with E-state index in [1.165, 1.54) is 0 Å². The molecule has 4 nitrogen and oxygen atoms in total. The van der Waals surface area contributed by atoms with Gasteiger partial charge in [-0.25, -0.2) is 4.98 Å². The van der Waals surface area contributed by atoms with E-state index in [-0.39, 0.29) is 0 Å². The highest BCUT2D eigenvalue weighted by Crippen LogP contribution is 2.09. The van der Waals surface area contributed by atoms with E-state index in [1.54, 1.807) is 19.4 Å². The Morgan fingerprint density at radius 2 is 2.36 bits per heavy atom. The molecule has 0 aromatic carbocycles. The second-order valence-corrected chi connectivity index (χ2v) is 3.18. The molecule has 78 valence electrons. The third-order valence-corrected chi connectivity index (χ3v) is 2.02. The van der Waals surface area contributed by atoms with Crippen LogP contribution in [-0.2, 0) is 4.74 Å². The van der Waals surface area contributed by atoms with Crippen LogP contribution < -0.4 is 11.1 Å². The molecule has 1 heterocycles. The molecule has 1 aromatic heterocycles. The fourth-order valence-electron chi connectivity index (χ4n) is 1.19. The molecular formula is C10H17N3O. The van der Waals surface area contributed by atoms with Gasteiger partial charge in [0.05, 0.1) is 18.5 Å². The van der Waals surface area contributed by atoms with Gasteiger partial charge in [-0.1, -0.05) is 6.92 Å². The average Bonchev–Trinajstić information content (AvgIpc) is 2.20. The van der Waals surface area contributed by atoms with E-state index in [1.807, 2.05) is 6.07 Å². The van der Waals surface area contributed by atoms with Gasteiger partial charge in [0.15, 0.2) is 0 Å². The number of aromatic nitrogens is 1. The lowest BCUT2D eigenvalue weighted by atomic mass is 10.2. The van der Waals surface area contributed by atoms with E-state index in [0.29, 0.717) is 18.5 Å². The number of nitrogens with zero attached hydrogens (tertiary/aromatic N) is 1. The minimum absolute atomic E-state index is 0.324. The van der Waals surface area contributed by atoms with E-state index in [4.69, 9.17) is 10.5 Å². The van der Waals surface area contributed by atoms with Crippen LogP contribution in [0.2, 0.25) is 0 Å². The normalized spacial score (nSPS) is 12.4. The van der Waals surface area contributed by atoms with Crippen molar-refractivity contribution in [2.24, 2.45) is 0 Å². The Bertz CT molecular complexity index is 261. The first-order valence-corrected chi connectivity index (χ1v) is 4.73. The van der Waals surface area contributed by atoms with E-state index in [9.17, 15) is 0 Å². The highest BCUT2D eigenvalue weighted by atomic mass is 16.5. The minimum atomic E-state index is 0.324. The molecule has 0 spiro atoms. The summed E-state index contributed by atoms with van der Waals surface area (Å²) in [6.45, 7) is 2.81. The van der Waals surface area contributed by atoms with E-state index in [2.05, 4.69) is 17.2 Å². The molecule has 1 aromatic rings. The molecule has 0 aliphatic heterocycles. The van der Waals surface area contributed by atoms with Crippen LogP contribution in [-0.4, -0.2) is 24.7 Å². The van der Waals surface area contributed by atoms with Crippen LogP contribution in [0.25, 0.3) is 0 Å². The Labute approximate surface area is 84.5 Å². The highest BCUT2D eigenvalue weighted by Gasteiger charge is 2.04. The molecule has 0 fully saturated rings. The Morgan fingerprint density at radius 3 is 2.86 bits per heavy atom. The van der Waals surface area contributed by atoms with Gasteiger partial charge in [-0.15, -0.1) is 0 Å². The molecule has 0 radical (unpaired) electrons. The molecule has 4 heteroatoms. The predicted octanol–water partition coefficient (Wildman–Crippen LogP) is 1.50. The van der Waals surface area contributed by atoms with Crippen molar-refractivity contribution in [3.8, 4) is 0 Å². The van der Waals surface area contributed by atoms with Crippen LogP contribution in [0, 0.1) is 0 Å². The maximum atomic E-state index is 5.49. The third kappa shape index (κ3) is 3.22. The molecule has 0 saturated heterocycles. The topological polar surface area (TPSA) is 60.2 Å². The smallest absolute Gasteiger partial charge is 0.123 e. The van der Waals surface area contributed by atoms with Gasteiger partial charge in [-0.3, -0.25) is 0 Å². The SMILES string of the molecule is CCC(COC)Nc1ccc(N)nc1. The van der Waals surface area contributed by atoms with Crippen molar-refractivity contribution in [3.63, 3.8) is 0 Å². The molecule has 3 N–H and O–H groups in total. The van der Waals surface area contributed by atoms with Crippen LogP contribution in [0.3, 0.4) is 0 Å². The number of methoxy groups -OCH3 is 1. The number of nitrogens with one attached hydrogen (secondary N) is 1. The number of hydrogen-bond donors (Lipinski definition) is 2. The van der Waals surface area contributed by atoms with Gasteiger partial charge < -0.3 is 15.8 Å². The van der Waals surface area contributed by atoms with Crippen LogP contribution in [0.1, 0.15) is 13.3 Å². The van der Waals surface area contributed by atoms with Crippen molar-refractivity contribution in [2.45, 2.75) is 19.4 Å². The number of nitrogens with two attached hydrogens (primary N) is 1. The number of nitrogen functional groups attached to an aromatic ring is 1. The van der Waals surface area contributed by atoms with Gasteiger partial charge in [-0.05, 0) is 18.6 Å². The lowest BCUT2D eigenvalue weighted by Gasteiger charge is -2.16. The summed E-state index contributed by atoms with van der Waals surface area (Å²) in [5.41, 5.74) is 6.46.